The summed E-state index contributed by atoms with van der Waals surface area (Å²) in [5, 5.41) is 2.87. The number of nitrogens with one attached hydrogen (secondary N) is 1. The average Bonchev–Trinajstić information content (AvgIpc) is 2.68. The highest BCUT2D eigenvalue weighted by atomic mass is 16.1. The van der Waals surface area contributed by atoms with Gasteiger partial charge in [0.1, 0.15) is 11.5 Å². The fourth-order valence-corrected chi connectivity index (χ4v) is 2.55. The number of anilines is 1. The standard InChI is InChI=1S/C21H22N4O/c1-16-8-10-17(11-9-16)12-24-21(26)19-13-23-20(14-22-19)25(2)15-18-6-4-3-5-7-18/h3-11,13-14H,12,15H2,1-2H3,(H,24,26). The first-order valence-electron chi connectivity index (χ1n) is 8.52. The zero-order chi connectivity index (χ0) is 18.4. The number of benzene rings is 2. The minimum absolute atomic E-state index is 0.227. The average molecular weight is 346 g/mol. The van der Waals surface area contributed by atoms with Crippen LogP contribution in [0.2, 0.25) is 0 Å². The van der Waals surface area contributed by atoms with Crippen LogP contribution in [0.1, 0.15) is 27.2 Å². The summed E-state index contributed by atoms with van der Waals surface area (Å²) in [7, 11) is 1.95. The molecule has 0 spiro atoms. The third kappa shape index (κ3) is 4.66. The highest BCUT2D eigenvalue weighted by molar-refractivity contribution is 5.91. The molecule has 5 nitrogen and oxygen atoms in total. The molecule has 1 amide bonds. The topological polar surface area (TPSA) is 58.1 Å². The van der Waals surface area contributed by atoms with Crippen molar-refractivity contribution in [1.82, 2.24) is 15.3 Å². The van der Waals surface area contributed by atoms with Gasteiger partial charge in [-0.15, -0.1) is 0 Å². The Morgan fingerprint density at radius 1 is 0.962 bits per heavy atom. The highest BCUT2D eigenvalue weighted by Gasteiger charge is 2.10. The lowest BCUT2D eigenvalue weighted by Gasteiger charge is -2.17. The molecule has 0 aliphatic heterocycles. The first-order valence-corrected chi connectivity index (χ1v) is 8.52. The number of rotatable bonds is 6. The van der Waals surface area contributed by atoms with E-state index in [9.17, 15) is 4.79 Å². The lowest BCUT2D eigenvalue weighted by Crippen LogP contribution is -2.24. The van der Waals surface area contributed by atoms with Crippen LogP contribution in [0.3, 0.4) is 0 Å². The molecule has 0 fully saturated rings. The molecule has 0 aliphatic carbocycles. The van der Waals surface area contributed by atoms with Crippen molar-refractivity contribution in [2.24, 2.45) is 0 Å². The Morgan fingerprint density at radius 2 is 1.69 bits per heavy atom. The van der Waals surface area contributed by atoms with Crippen molar-refractivity contribution in [1.29, 1.82) is 0 Å². The van der Waals surface area contributed by atoms with E-state index in [1.165, 1.54) is 17.3 Å². The third-order valence-corrected chi connectivity index (χ3v) is 4.10. The molecule has 5 heteroatoms. The summed E-state index contributed by atoms with van der Waals surface area (Å²) in [5.74, 6) is 0.499. The Hall–Kier alpha value is -3.21. The van der Waals surface area contributed by atoms with Gasteiger partial charge in [-0.25, -0.2) is 9.97 Å². The van der Waals surface area contributed by atoms with Crippen molar-refractivity contribution in [2.45, 2.75) is 20.0 Å². The summed E-state index contributed by atoms with van der Waals surface area (Å²) in [6.07, 6.45) is 3.14. The largest absolute Gasteiger partial charge is 0.354 e. The Morgan fingerprint density at radius 3 is 2.35 bits per heavy atom. The molecule has 132 valence electrons. The van der Waals surface area contributed by atoms with Crippen LogP contribution in [-0.4, -0.2) is 22.9 Å². The van der Waals surface area contributed by atoms with E-state index in [0.717, 1.165) is 17.9 Å². The van der Waals surface area contributed by atoms with E-state index < -0.39 is 0 Å². The van der Waals surface area contributed by atoms with Gasteiger partial charge in [-0.3, -0.25) is 4.79 Å². The lowest BCUT2D eigenvalue weighted by molar-refractivity contribution is 0.0945. The monoisotopic (exact) mass is 346 g/mol. The van der Waals surface area contributed by atoms with Gasteiger partial charge in [0.25, 0.3) is 5.91 Å². The van der Waals surface area contributed by atoms with E-state index in [0.29, 0.717) is 12.2 Å². The molecule has 1 aromatic heterocycles. The van der Waals surface area contributed by atoms with Crippen molar-refractivity contribution < 1.29 is 4.79 Å². The van der Waals surface area contributed by atoms with Gasteiger partial charge >= 0.3 is 0 Å². The molecular weight excluding hydrogens is 324 g/mol. The van der Waals surface area contributed by atoms with Crippen molar-refractivity contribution in [3.05, 3.63) is 89.4 Å². The lowest BCUT2D eigenvalue weighted by atomic mass is 10.1. The number of aromatic nitrogens is 2. The van der Waals surface area contributed by atoms with E-state index in [-0.39, 0.29) is 5.91 Å². The predicted molar refractivity (Wildman–Crippen MR) is 103 cm³/mol. The summed E-state index contributed by atoms with van der Waals surface area (Å²) in [6.45, 7) is 3.24. The van der Waals surface area contributed by atoms with Gasteiger partial charge in [0.15, 0.2) is 0 Å². The number of amides is 1. The third-order valence-electron chi connectivity index (χ3n) is 4.10. The second-order valence-electron chi connectivity index (χ2n) is 6.27. The normalized spacial score (nSPS) is 10.4. The van der Waals surface area contributed by atoms with Gasteiger partial charge in [0, 0.05) is 20.1 Å². The van der Waals surface area contributed by atoms with Crippen LogP contribution in [0.15, 0.2) is 67.0 Å². The van der Waals surface area contributed by atoms with Crippen LogP contribution in [0, 0.1) is 6.92 Å². The number of aryl methyl sites for hydroxylation is 1. The zero-order valence-corrected chi connectivity index (χ0v) is 15.0. The number of hydrogen-bond donors (Lipinski definition) is 1. The van der Waals surface area contributed by atoms with Gasteiger partial charge < -0.3 is 10.2 Å². The van der Waals surface area contributed by atoms with Crippen LogP contribution in [0.5, 0.6) is 0 Å². The molecule has 0 saturated carbocycles. The molecule has 1 heterocycles. The van der Waals surface area contributed by atoms with Crippen molar-refractivity contribution >= 4 is 11.7 Å². The first-order chi connectivity index (χ1) is 12.6. The van der Waals surface area contributed by atoms with Gasteiger partial charge in [0.2, 0.25) is 0 Å². The summed E-state index contributed by atoms with van der Waals surface area (Å²) >= 11 is 0. The fourth-order valence-electron chi connectivity index (χ4n) is 2.55. The second kappa shape index (κ2) is 8.25. The van der Waals surface area contributed by atoms with E-state index >= 15 is 0 Å². The Balaban J connectivity index is 1.57. The van der Waals surface area contributed by atoms with Crippen molar-refractivity contribution in [2.75, 3.05) is 11.9 Å². The molecular formula is C21H22N4O. The van der Waals surface area contributed by atoms with E-state index in [4.69, 9.17) is 0 Å². The van der Waals surface area contributed by atoms with E-state index in [2.05, 4.69) is 27.4 Å². The van der Waals surface area contributed by atoms with Gasteiger partial charge in [-0.2, -0.15) is 0 Å². The highest BCUT2D eigenvalue weighted by Crippen LogP contribution is 2.11. The first kappa shape index (κ1) is 17.6. The molecule has 0 saturated heterocycles. The maximum Gasteiger partial charge on any atom is 0.271 e. The maximum absolute atomic E-state index is 12.2. The van der Waals surface area contributed by atoms with Gasteiger partial charge in [0.05, 0.1) is 12.4 Å². The molecule has 0 radical (unpaired) electrons. The second-order valence-corrected chi connectivity index (χ2v) is 6.27. The molecule has 1 N–H and O–H groups in total. The number of nitrogens with zero attached hydrogens (tertiary/aromatic N) is 3. The van der Waals surface area contributed by atoms with Crippen LogP contribution in [0.4, 0.5) is 5.82 Å². The summed E-state index contributed by atoms with van der Waals surface area (Å²) in [5.41, 5.74) is 3.75. The van der Waals surface area contributed by atoms with Crippen LogP contribution >= 0.6 is 0 Å². The molecule has 0 bridgehead atoms. The molecule has 26 heavy (non-hydrogen) atoms. The predicted octanol–water partition coefficient (Wildman–Crippen LogP) is 3.35. The molecule has 3 aromatic rings. The zero-order valence-electron chi connectivity index (χ0n) is 15.0. The molecule has 2 aromatic carbocycles. The van der Waals surface area contributed by atoms with Crippen LogP contribution < -0.4 is 10.2 Å². The van der Waals surface area contributed by atoms with Crippen molar-refractivity contribution in [3.63, 3.8) is 0 Å². The van der Waals surface area contributed by atoms with Crippen LogP contribution in [-0.2, 0) is 13.1 Å². The number of hydrogen-bond acceptors (Lipinski definition) is 4. The summed E-state index contributed by atoms with van der Waals surface area (Å²) in [4.78, 5) is 22.8. The summed E-state index contributed by atoms with van der Waals surface area (Å²) in [6, 6.07) is 18.2. The minimum Gasteiger partial charge on any atom is -0.354 e. The molecule has 3 rings (SSSR count). The maximum atomic E-state index is 12.2. The Kier molecular flexibility index (Phi) is 5.59. The fraction of sp³-hybridized carbons (Fsp3) is 0.190. The number of carbonyl (C=O) groups is 1. The van der Waals surface area contributed by atoms with Crippen LogP contribution in [0.25, 0.3) is 0 Å². The Bertz CT molecular complexity index is 845. The SMILES string of the molecule is Cc1ccc(CNC(=O)c2cnc(N(C)Cc3ccccc3)cn2)cc1. The summed E-state index contributed by atoms with van der Waals surface area (Å²) < 4.78 is 0. The Labute approximate surface area is 153 Å². The molecule has 0 aliphatic rings. The smallest absolute Gasteiger partial charge is 0.271 e. The number of carbonyl (C=O) groups excluding carboxylic acids is 1. The molecule has 0 atom stereocenters. The van der Waals surface area contributed by atoms with E-state index in [1.54, 1.807) is 6.20 Å². The van der Waals surface area contributed by atoms with Gasteiger partial charge in [-0.05, 0) is 18.1 Å². The van der Waals surface area contributed by atoms with E-state index in [1.807, 2.05) is 61.3 Å². The van der Waals surface area contributed by atoms with Gasteiger partial charge in [-0.1, -0.05) is 60.2 Å². The molecule has 0 unspecified atom stereocenters. The minimum atomic E-state index is -0.227. The quantitative estimate of drug-likeness (QED) is 0.744. The van der Waals surface area contributed by atoms with Crippen molar-refractivity contribution in [3.8, 4) is 0 Å².